The molecule has 0 spiro atoms. The second kappa shape index (κ2) is 29.9. The number of aliphatic carboxylic acids is 1. The summed E-state index contributed by atoms with van der Waals surface area (Å²) in [4.78, 5) is 105. The highest BCUT2D eigenvalue weighted by atomic mass is 32.1. The van der Waals surface area contributed by atoms with Gasteiger partial charge in [-0.3, -0.25) is 48.7 Å². The summed E-state index contributed by atoms with van der Waals surface area (Å²) in [5, 5.41) is 23.6. The van der Waals surface area contributed by atoms with Gasteiger partial charge in [-0.25, -0.2) is 4.79 Å². The van der Waals surface area contributed by atoms with Crippen molar-refractivity contribution in [2.24, 2.45) is 71.6 Å². The van der Waals surface area contributed by atoms with Crippen LogP contribution in [0.1, 0.15) is 51.4 Å². The number of nitrogens with zero attached hydrogens (tertiary/aromatic N) is 4. The van der Waals surface area contributed by atoms with Crippen molar-refractivity contribution in [1.29, 1.82) is 0 Å². The highest BCUT2D eigenvalue weighted by molar-refractivity contribution is 7.80. The fourth-order valence-electron chi connectivity index (χ4n) is 4.75. The van der Waals surface area contributed by atoms with E-state index in [1.807, 2.05) is 0 Å². The van der Waals surface area contributed by atoms with E-state index in [1.54, 1.807) is 0 Å². The van der Waals surface area contributed by atoms with Gasteiger partial charge < -0.3 is 88.6 Å². The summed E-state index contributed by atoms with van der Waals surface area (Å²) in [6, 6.07) is -6.17. The number of amides is 6. The van der Waals surface area contributed by atoms with Gasteiger partial charge in [0.05, 0.1) is 19.1 Å². The van der Waals surface area contributed by atoms with Crippen molar-refractivity contribution in [3.63, 3.8) is 0 Å². The third-order valence-corrected chi connectivity index (χ3v) is 8.09. The molecule has 27 nitrogen and oxygen atoms in total. The number of aliphatic imine (C=N–C) groups is 4. The van der Waals surface area contributed by atoms with Gasteiger partial charge in [-0.2, -0.15) is 12.6 Å². The van der Waals surface area contributed by atoms with Crippen LogP contribution in [0.4, 0.5) is 0 Å². The van der Waals surface area contributed by atoms with Crippen molar-refractivity contribution in [1.82, 2.24) is 31.9 Å². The molecular formula is C31H61N19O8S. The number of carbonyl (C=O) groups is 7. The fraction of sp³-hybridized carbons (Fsp3) is 0.645. The van der Waals surface area contributed by atoms with Gasteiger partial charge in [-0.05, 0) is 51.4 Å². The Morgan fingerprint density at radius 1 is 0.475 bits per heavy atom. The van der Waals surface area contributed by atoms with E-state index in [0.717, 1.165) is 0 Å². The summed E-state index contributed by atoms with van der Waals surface area (Å²) >= 11 is 3.85. The SMILES string of the molecule is NC(N)=NCCC[C@H](NC(=O)[C@H](CCCN=C(N)N)NC(=O)[C@H](CCCN=C(N)N)NC(=O)[C@@H](N)CCCN=C(N)N)C(=O)NCC(=O)NCC(=O)N[C@@H](CS)C(=O)O. The Kier molecular flexibility index (Phi) is 26.7. The highest BCUT2D eigenvalue weighted by Crippen LogP contribution is 2.07. The van der Waals surface area contributed by atoms with E-state index in [-0.39, 0.29) is 101 Å². The topological polar surface area (TPSA) is 496 Å². The molecule has 334 valence electrons. The molecule has 28 heteroatoms. The molecule has 0 aromatic rings. The monoisotopic (exact) mass is 859 g/mol. The Balaban J connectivity index is 6.14. The molecule has 0 aromatic carbocycles. The minimum atomic E-state index is -1.32. The lowest BCUT2D eigenvalue weighted by molar-refractivity contribution is -0.141. The molecule has 0 aliphatic carbocycles. The number of rotatable bonds is 30. The average Bonchev–Trinajstić information content (AvgIpc) is 3.16. The van der Waals surface area contributed by atoms with Crippen molar-refractivity contribution >= 4 is 77.9 Å². The summed E-state index contributed by atoms with van der Waals surface area (Å²) < 4.78 is 0. The molecular weight excluding hydrogens is 799 g/mol. The average molecular weight is 860 g/mol. The first-order chi connectivity index (χ1) is 27.8. The van der Waals surface area contributed by atoms with Gasteiger partial charge in [-0.1, -0.05) is 0 Å². The lowest BCUT2D eigenvalue weighted by Crippen LogP contribution is -2.58. The molecule has 5 atom stereocenters. The van der Waals surface area contributed by atoms with Gasteiger partial charge in [0, 0.05) is 31.9 Å². The number of nitrogens with two attached hydrogens (primary N) is 9. The van der Waals surface area contributed by atoms with Crippen LogP contribution in [0.25, 0.3) is 0 Å². The highest BCUT2D eigenvalue weighted by Gasteiger charge is 2.30. The first-order valence-electron chi connectivity index (χ1n) is 18.3. The summed E-state index contributed by atoms with van der Waals surface area (Å²) in [6.07, 6.45) is 1.05. The molecule has 25 N–H and O–H groups in total. The Bertz CT molecular complexity index is 1510. The van der Waals surface area contributed by atoms with Crippen LogP contribution < -0.4 is 83.5 Å². The summed E-state index contributed by atoms with van der Waals surface area (Å²) in [7, 11) is 0. The van der Waals surface area contributed by atoms with Crippen LogP contribution in [-0.2, 0) is 33.6 Å². The first-order valence-corrected chi connectivity index (χ1v) is 19.0. The van der Waals surface area contributed by atoms with Crippen molar-refractivity contribution < 1.29 is 38.7 Å². The molecule has 0 aliphatic rings. The fourth-order valence-corrected chi connectivity index (χ4v) is 5.00. The van der Waals surface area contributed by atoms with Crippen LogP contribution in [0.5, 0.6) is 0 Å². The van der Waals surface area contributed by atoms with Gasteiger partial charge in [-0.15, -0.1) is 0 Å². The largest absolute Gasteiger partial charge is 0.480 e. The molecule has 6 amide bonds. The first kappa shape index (κ1) is 52.7. The maximum atomic E-state index is 13.8. The predicted octanol–water partition coefficient (Wildman–Crippen LogP) is -8.29. The number of hydrogen-bond donors (Lipinski definition) is 17. The van der Waals surface area contributed by atoms with E-state index < -0.39 is 84.7 Å². The van der Waals surface area contributed by atoms with E-state index in [2.05, 4.69) is 64.5 Å². The van der Waals surface area contributed by atoms with Gasteiger partial charge >= 0.3 is 5.97 Å². The summed E-state index contributed by atoms with van der Waals surface area (Å²) in [5.74, 6) is -6.99. The Labute approximate surface area is 346 Å². The number of hydrogen-bond acceptors (Lipinski definition) is 13. The molecule has 0 aromatic heterocycles. The second-order valence-electron chi connectivity index (χ2n) is 12.7. The molecule has 0 rings (SSSR count). The second-order valence-corrected chi connectivity index (χ2v) is 13.1. The third-order valence-electron chi connectivity index (χ3n) is 7.72. The zero-order valence-electron chi connectivity index (χ0n) is 32.7. The molecule has 0 saturated carbocycles. The van der Waals surface area contributed by atoms with Gasteiger partial charge in [0.2, 0.25) is 35.4 Å². The van der Waals surface area contributed by atoms with E-state index in [4.69, 9.17) is 56.7 Å². The van der Waals surface area contributed by atoms with E-state index in [0.29, 0.717) is 6.42 Å². The number of thiol groups is 1. The van der Waals surface area contributed by atoms with Crippen LogP contribution in [0.2, 0.25) is 0 Å². The normalized spacial score (nSPS) is 13.0. The smallest absolute Gasteiger partial charge is 0.327 e. The third kappa shape index (κ3) is 26.3. The zero-order valence-corrected chi connectivity index (χ0v) is 33.6. The van der Waals surface area contributed by atoms with Crippen LogP contribution in [0.15, 0.2) is 20.0 Å². The molecule has 0 unspecified atom stereocenters. The minimum Gasteiger partial charge on any atom is -0.480 e. The summed E-state index contributed by atoms with van der Waals surface area (Å²) in [5.41, 5.74) is 49.2. The lowest BCUT2D eigenvalue weighted by atomic mass is 10.0. The Morgan fingerprint density at radius 3 is 1.20 bits per heavy atom. The van der Waals surface area contributed by atoms with Crippen molar-refractivity contribution in [3.05, 3.63) is 0 Å². The number of carboxylic acid groups (broad SMARTS) is 1. The molecule has 0 radical (unpaired) electrons. The number of guanidine groups is 4. The molecule has 0 bridgehead atoms. The quantitative estimate of drug-likeness (QED) is 0.0138. The minimum absolute atomic E-state index is 0.0201. The lowest BCUT2D eigenvalue weighted by Gasteiger charge is -2.26. The van der Waals surface area contributed by atoms with Crippen LogP contribution in [-0.4, -0.2) is 146 Å². The van der Waals surface area contributed by atoms with E-state index in [1.165, 1.54) is 0 Å². The number of carboxylic acids is 1. The van der Waals surface area contributed by atoms with Crippen LogP contribution in [0, 0.1) is 0 Å². The molecule has 0 heterocycles. The van der Waals surface area contributed by atoms with E-state index >= 15 is 0 Å². The molecule has 59 heavy (non-hydrogen) atoms. The summed E-state index contributed by atoms with van der Waals surface area (Å²) in [6.45, 7) is -0.786. The Hall–Kier alpha value is -6.32. The van der Waals surface area contributed by atoms with E-state index in [9.17, 15) is 33.6 Å². The maximum Gasteiger partial charge on any atom is 0.327 e. The number of carbonyl (C=O) groups excluding carboxylic acids is 6. The van der Waals surface area contributed by atoms with Gasteiger partial charge in [0.25, 0.3) is 0 Å². The van der Waals surface area contributed by atoms with Crippen molar-refractivity contribution in [2.45, 2.75) is 81.6 Å². The van der Waals surface area contributed by atoms with Crippen molar-refractivity contribution in [2.75, 3.05) is 45.0 Å². The Morgan fingerprint density at radius 2 is 0.831 bits per heavy atom. The molecule has 0 aliphatic heterocycles. The molecule has 0 fully saturated rings. The van der Waals surface area contributed by atoms with Gasteiger partial charge in [0.15, 0.2) is 23.8 Å². The van der Waals surface area contributed by atoms with Crippen LogP contribution >= 0.6 is 12.6 Å². The predicted molar refractivity (Wildman–Crippen MR) is 223 cm³/mol. The standard InChI is InChI=1S/C31H61N19O8S/c32-16(5-1-9-41-28(33)34)23(53)48-18(7-3-11-43-30(37)38)25(55)50-19(8-4-12-44-31(39)40)26(56)49-17(6-2-10-42-29(35)36)24(54)46-13-21(51)45-14-22(52)47-20(15-59)27(57)58/h16-20,59H,1-15,32H2,(H,45,51)(H,46,54)(H,47,52)(H,48,53)(H,49,56)(H,50,55)(H,57,58)(H4,33,34,41)(H4,35,36,42)(H4,37,38,43)(H4,39,40,44)/t16-,17-,18-,19-,20-/m0/s1. The maximum absolute atomic E-state index is 13.8. The van der Waals surface area contributed by atoms with Crippen LogP contribution in [0.3, 0.4) is 0 Å². The number of nitrogens with one attached hydrogen (secondary N) is 6. The van der Waals surface area contributed by atoms with Crippen molar-refractivity contribution in [3.8, 4) is 0 Å². The molecule has 0 saturated heterocycles. The van der Waals surface area contributed by atoms with Gasteiger partial charge in [0.1, 0.15) is 24.2 Å². The zero-order chi connectivity index (χ0) is 44.9.